The molecule has 0 aliphatic rings. The number of nitrogens with one attached hydrogen (secondary N) is 2. The summed E-state index contributed by atoms with van der Waals surface area (Å²) in [6.07, 6.45) is 0.354. The summed E-state index contributed by atoms with van der Waals surface area (Å²) in [5, 5.41) is 11.5. The summed E-state index contributed by atoms with van der Waals surface area (Å²) in [6.45, 7) is 2.28. The van der Waals surface area contributed by atoms with Gasteiger partial charge in [-0.3, -0.25) is 14.8 Å². The number of hydrogen-bond acceptors (Lipinski definition) is 5. The Bertz CT molecular complexity index is 883. The molecule has 1 atom stereocenters. The summed E-state index contributed by atoms with van der Waals surface area (Å²) in [7, 11) is 1.50. The van der Waals surface area contributed by atoms with Gasteiger partial charge in [-0.2, -0.15) is 0 Å². The van der Waals surface area contributed by atoms with E-state index in [0.29, 0.717) is 12.0 Å². The van der Waals surface area contributed by atoms with Crippen LogP contribution in [0.1, 0.15) is 39.9 Å². The molecular formula is C23H26N2O5. The molecule has 0 aromatic heterocycles. The van der Waals surface area contributed by atoms with Crippen molar-refractivity contribution < 1.29 is 24.3 Å². The molecule has 158 valence electrons. The Balaban J connectivity index is 1.98. The van der Waals surface area contributed by atoms with Crippen LogP contribution in [-0.2, 0) is 14.3 Å². The molecule has 7 heteroatoms. The number of aryl methyl sites for hydroxylation is 1. The predicted molar refractivity (Wildman–Crippen MR) is 112 cm³/mol. The van der Waals surface area contributed by atoms with Crippen LogP contribution in [0.25, 0.3) is 0 Å². The van der Waals surface area contributed by atoms with E-state index in [4.69, 9.17) is 14.7 Å². The lowest BCUT2D eigenvalue weighted by Crippen LogP contribution is -2.39. The first-order valence-corrected chi connectivity index (χ1v) is 9.51. The zero-order valence-corrected chi connectivity index (χ0v) is 17.1. The number of carbonyl (C=O) groups is 2. The van der Waals surface area contributed by atoms with Crippen LogP contribution in [0.5, 0.6) is 0 Å². The Morgan fingerprint density at radius 2 is 1.63 bits per heavy atom. The molecule has 2 amide bonds. The van der Waals surface area contributed by atoms with E-state index in [-0.39, 0.29) is 25.7 Å². The maximum absolute atomic E-state index is 12.5. The smallest absolute Gasteiger partial charge is 0.251 e. The highest BCUT2D eigenvalue weighted by Gasteiger charge is 2.16. The monoisotopic (exact) mass is 410 g/mol. The molecule has 0 saturated carbocycles. The lowest BCUT2D eigenvalue weighted by molar-refractivity contribution is -0.129. The van der Waals surface area contributed by atoms with E-state index in [1.807, 2.05) is 31.2 Å². The summed E-state index contributed by atoms with van der Waals surface area (Å²) in [5.74, 6) is 5.35. The molecule has 0 saturated heterocycles. The molecule has 30 heavy (non-hydrogen) atoms. The van der Waals surface area contributed by atoms with Gasteiger partial charge in [0.05, 0.1) is 12.6 Å². The average molecular weight is 410 g/mol. The van der Waals surface area contributed by atoms with E-state index >= 15 is 0 Å². The number of hydrogen-bond donors (Lipinski definition) is 3. The minimum atomic E-state index is -0.530. The van der Waals surface area contributed by atoms with Gasteiger partial charge in [0.1, 0.15) is 6.79 Å². The van der Waals surface area contributed by atoms with E-state index in [0.717, 1.165) is 11.1 Å². The molecule has 0 heterocycles. The van der Waals surface area contributed by atoms with Crippen molar-refractivity contribution >= 4 is 11.8 Å². The second-order valence-corrected chi connectivity index (χ2v) is 6.71. The first-order valence-electron chi connectivity index (χ1n) is 9.51. The highest BCUT2D eigenvalue weighted by atomic mass is 16.7. The summed E-state index contributed by atoms with van der Waals surface area (Å²) in [4.78, 5) is 23.8. The van der Waals surface area contributed by atoms with E-state index in [1.54, 1.807) is 29.7 Å². The quantitative estimate of drug-likeness (QED) is 0.194. The molecular weight excluding hydrogens is 384 g/mol. The third-order valence-corrected chi connectivity index (χ3v) is 4.25. The van der Waals surface area contributed by atoms with Gasteiger partial charge in [-0.1, -0.05) is 29.5 Å². The number of hydroxylamine groups is 1. The van der Waals surface area contributed by atoms with Gasteiger partial charge in [0.25, 0.3) is 5.91 Å². The molecule has 0 fully saturated rings. The predicted octanol–water partition coefficient (Wildman–Crippen LogP) is 2.40. The van der Waals surface area contributed by atoms with Crippen molar-refractivity contribution in [3.63, 3.8) is 0 Å². The minimum Gasteiger partial charge on any atom is -0.359 e. The number of benzene rings is 2. The number of methoxy groups -OCH3 is 1. The first kappa shape index (κ1) is 23.1. The Kier molecular flexibility index (Phi) is 9.55. The lowest BCUT2D eigenvalue weighted by Gasteiger charge is -2.18. The molecule has 0 bridgehead atoms. The standard InChI is InChI=1S/C23H26N2O5/c1-17-3-5-18(6-4-17)7-8-19-9-11-20(12-10-19)23(27)24-21(15-30-16-29-2)13-14-22(26)25-28/h3-6,9-12,21,28H,13-16H2,1-2H3,(H,24,27)(H,25,26)/t21-/m0/s1. The topological polar surface area (TPSA) is 96.9 Å². The number of ether oxygens (including phenoxy) is 2. The van der Waals surface area contributed by atoms with Crippen molar-refractivity contribution in [2.75, 3.05) is 20.5 Å². The minimum absolute atomic E-state index is 0.0470. The van der Waals surface area contributed by atoms with Crippen LogP contribution in [-0.4, -0.2) is 43.6 Å². The zero-order valence-electron chi connectivity index (χ0n) is 17.1. The SMILES string of the molecule is COCOC[C@H](CCC(=O)NO)NC(=O)c1ccc(C#Cc2ccc(C)cc2)cc1. The number of carbonyl (C=O) groups excluding carboxylic acids is 2. The van der Waals surface area contributed by atoms with Crippen molar-refractivity contribution in [2.45, 2.75) is 25.8 Å². The fourth-order valence-electron chi connectivity index (χ4n) is 2.59. The van der Waals surface area contributed by atoms with Gasteiger partial charge in [0, 0.05) is 30.2 Å². The van der Waals surface area contributed by atoms with Gasteiger partial charge in [-0.25, -0.2) is 5.48 Å². The van der Waals surface area contributed by atoms with Crippen molar-refractivity contribution in [3.8, 4) is 11.8 Å². The second kappa shape index (κ2) is 12.4. The summed E-state index contributed by atoms with van der Waals surface area (Å²) >= 11 is 0. The summed E-state index contributed by atoms with van der Waals surface area (Å²) in [5.41, 5.74) is 4.95. The van der Waals surface area contributed by atoms with Crippen molar-refractivity contribution in [1.29, 1.82) is 0 Å². The zero-order chi connectivity index (χ0) is 21.8. The van der Waals surface area contributed by atoms with Gasteiger partial charge >= 0.3 is 0 Å². The van der Waals surface area contributed by atoms with Gasteiger partial charge in [0.15, 0.2) is 0 Å². The molecule has 2 rings (SSSR count). The highest BCUT2D eigenvalue weighted by molar-refractivity contribution is 5.94. The van der Waals surface area contributed by atoms with E-state index in [2.05, 4.69) is 17.2 Å². The van der Waals surface area contributed by atoms with Crippen molar-refractivity contribution in [1.82, 2.24) is 10.8 Å². The third kappa shape index (κ3) is 8.05. The maximum Gasteiger partial charge on any atom is 0.251 e. The van der Waals surface area contributed by atoms with E-state index in [1.165, 1.54) is 12.7 Å². The molecule has 7 nitrogen and oxygen atoms in total. The Morgan fingerprint density at radius 3 is 2.20 bits per heavy atom. The maximum atomic E-state index is 12.5. The molecule has 0 unspecified atom stereocenters. The van der Waals surface area contributed by atoms with Crippen molar-refractivity contribution in [3.05, 3.63) is 70.8 Å². The Labute approximate surface area is 176 Å². The second-order valence-electron chi connectivity index (χ2n) is 6.71. The van der Waals surface area contributed by atoms with Gasteiger partial charge < -0.3 is 14.8 Å². The number of amides is 2. The van der Waals surface area contributed by atoms with Gasteiger partial charge in [0.2, 0.25) is 5.91 Å². The molecule has 3 N–H and O–H groups in total. The van der Waals surface area contributed by atoms with Crippen LogP contribution in [0.4, 0.5) is 0 Å². The van der Waals surface area contributed by atoms with Crippen LogP contribution in [0.3, 0.4) is 0 Å². The van der Waals surface area contributed by atoms with E-state index in [9.17, 15) is 9.59 Å². The molecule has 0 spiro atoms. The summed E-state index contributed by atoms with van der Waals surface area (Å²) < 4.78 is 10.1. The van der Waals surface area contributed by atoms with E-state index < -0.39 is 11.9 Å². The third-order valence-electron chi connectivity index (χ3n) is 4.25. The molecule has 0 aliphatic heterocycles. The van der Waals surface area contributed by atoms with Gasteiger partial charge in [-0.15, -0.1) is 0 Å². The lowest BCUT2D eigenvalue weighted by atomic mass is 10.1. The molecule has 0 radical (unpaired) electrons. The van der Waals surface area contributed by atoms with Crippen LogP contribution < -0.4 is 10.8 Å². The number of rotatable bonds is 9. The first-order chi connectivity index (χ1) is 14.5. The van der Waals surface area contributed by atoms with Crippen LogP contribution >= 0.6 is 0 Å². The molecule has 2 aromatic rings. The Hall–Kier alpha value is -3.18. The van der Waals surface area contributed by atoms with Gasteiger partial charge in [-0.05, 0) is 49.7 Å². The average Bonchev–Trinajstić information content (AvgIpc) is 2.77. The summed E-state index contributed by atoms with van der Waals surface area (Å²) in [6, 6.07) is 14.5. The molecule has 2 aromatic carbocycles. The largest absolute Gasteiger partial charge is 0.359 e. The van der Waals surface area contributed by atoms with Crippen LogP contribution in [0, 0.1) is 18.8 Å². The Morgan fingerprint density at radius 1 is 1.03 bits per heavy atom. The van der Waals surface area contributed by atoms with Crippen molar-refractivity contribution in [2.24, 2.45) is 0 Å². The molecule has 0 aliphatic carbocycles. The fraction of sp³-hybridized carbons (Fsp3) is 0.304. The van der Waals surface area contributed by atoms with Crippen LogP contribution in [0.15, 0.2) is 48.5 Å². The normalized spacial score (nSPS) is 11.2. The fourth-order valence-corrected chi connectivity index (χ4v) is 2.59. The highest BCUT2D eigenvalue weighted by Crippen LogP contribution is 2.07. The van der Waals surface area contributed by atoms with Crippen LogP contribution in [0.2, 0.25) is 0 Å².